The predicted octanol–water partition coefficient (Wildman–Crippen LogP) is 10.6. The predicted molar refractivity (Wildman–Crippen MR) is 197 cm³/mol. The van der Waals surface area contributed by atoms with Crippen molar-refractivity contribution < 1.29 is 0 Å². The van der Waals surface area contributed by atoms with Gasteiger partial charge in [-0.25, -0.2) is 4.98 Å². The largest absolute Gasteiger partial charge is 0.307 e. The molecule has 0 fully saturated rings. The molecular weight excluding hydrogens is 587 g/mol. The van der Waals surface area contributed by atoms with Crippen LogP contribution in [0.5, 0.6) is 0 Å². The van der Waals surface area contributed by atoms with E-state index < -0.39 is 0 Å². The van der Waals surface area contributed by atoms with E-state index in [1.807, 2.05) is 36.4 Å². The molecule has 0 saturated heterocycles. The van der Waals surface area contributed by atoms with Gasteiger partial charge in [-0.05, 0) is 35.0 Å². The number of nitrogens with zero attached hydrogens (tertiary/aromatic N) is 5. The van der Waals surface area contributed by atoms with Crippen molar-refractivity contribution in [2.24, 2.45) is 0 Å². The number of para-hydroxylation sites is 2. The van der Waals surface area contributed by atoms with Gasteiger partial charge in [0.15, 0.2) is 11.6 Å². The van der Waals surface area contributed by atoms with Gasteiger partial charge in [-0.1, -0.05) is 140 Å². The number of aromatic nitrogens is 5. The number of rotatable bonds is 4. The standard InChI is InChI=1S/C43H27N5/c1-4-15-29(16-5-1)41-44-42(30-17-6-2-7-18-30)46-43(45-41)48-37-27-24-28-14-10-11-21-32(28)38(37)35-26-25-34-33-22-12-13-23-36(33)47(39(34)40(35)48)31-19-8-3-9-20-31/h1-27H. The van der Waals surface area contributed by atoms with Gasteiger partial charge in [0.1, 0.15) is 0 Å². The van der Waals surface area contributed by atoms with E-state index >= 15 is 0 Å². The van der Waals surface area contributed by atoms with E-state index in [1.54, 1.807) is 0 Å². The molecule has 5 nitrogen and oxygen atoms in total. The first-order valence-corrected chi connectivity index (χ1v) is 16.1. The number of hydrogen-bond donors (Lipinski definition) is 0. The van der Waals surface area contributed by atoms with Crippen molar-refractivity contribution in [3.63, 3.8) is 0 Å². The molecule has 0 aliphatic rings. The van der Waals surface area contributed by atoms with Gasteiger partial charge in [-0.3, -0.25) is 4.57 Å². The van der Waals surface area contributed by atoms with Gasteiger partial charge in [0.2, 0.25) is 5.95 Å². The summed E-state index contributed by atoms with van der Waals surface area (Å²) >= 11 is 0. The van der Waals surface area contributed by atoms with Gasteiger partial charge in [-0.2, -0.15) is 9.97 Å². The Bertz CT molecular complexity index is 2760. The van der Waals surface area contributed by atoms with Crippen LogP contribution in [0.2, 0.25) is 0 Å². The average molecular weight is 614 g/mol. The first-order valence-electron chi connectivity index (χ1n) is 16.1. The summed E-state index contributed by atoms with van der Waals surface area (Å²) in [5.41, 5.74) is 7.35. The zero-order valence-corrected chi connectivity index (χ0v) is 25.8. The topological polar surface area (TPSA) is 48.5 Å². The van der Waals surface area contributed by atoms with Crippen LogP contribution >= 0.6 is 0 Å². The average Bonchev–Trinajstić information content (AvgIpc) is 3.69. The van der Waals surface area contributed by atoms with Crippen LogP contribution in [0.4, 0.5) is 0 Å². The zero-order chi connectivity index (χ0) is 31.6. The molecule has 3 aromatic heterocycles. The van der Waals surface area contributed by atoms with E-state index in [-0.39, 0.29) is 0 Å². The van der Waals surface area contributed by atoms with E-state index in [2.05, 4.69) is 137 Å². The lowest BCUT2D eigenvalue weighted by Crippen LogP contribution is -2.07. The van der Waals surface area contributed by atoms with Crippen LogP contribution in [-0.2, 0) is 0 Å². The normalized spacial score (nSPS) is 11.8. The molecular formula is C43H27N5. The highest BCUT2D eigenvalue weighted by Crippen LogP contribution is 2.43. The van der Waals surface area contributed by atoms with Crippen molar-refractivity contribution >= 4 is 54.4 Å². The molecule has 0 aliphatic heterocycles. The fraction of sp³-hybridized carbons (Fsp3) is 0. The van der Waals surface area contributed by atoms with Crippen LogP contribution in [0.1, 0.15) is 0 Å². The molecule has 0 amide bonds. The molecule has 0 atom stereocenters. The highest BCUT2D eigenvalue weighted by Gasteiger charge is 2.24. The van der Waals surface area contributed by atoms with E-state index in [0.29, 0.717) is 17.6 Å². The van der Waals surface area contributed by atoms with Crippen LogP contribution in [0.15, 0.2) is 164 Å². The molecule has 224 valence electrons. The van der Waals surface area contributed by atoms with Crippen molar-refractivity contribution in [1.29, 1.82) is 0 Å². The SMILES string of the molecule is c1ccc(-c2nc(-c3ccccc3)nc(-n3c4ccc5ccccc5c4c4ccc5c6ccccc6n(-c6ccccc6)c5c43)n2)cc1. The smallest absolute Gasteiger partial charge is 0.238 e. The first-order chi connectivity index (χ1) is 23.8. The second-order valence-electron chi connectivity index (χ2n) is 12.1. The lowest BCUT2D eigenvalue weighted by molar-refractivity contribution is 0.953. The molecule has 10 aromatic rings. The lowest BCUT2D eigenvalue weighted by Gasteiger charge is -2.13. The Morgan fingerprint density at radius 1 is 0.354 bits per heavy atom. The van der Waals surface area contributed by atoms with Crippen molar-refractivity contribution in [2.75, 3.05) is 0 Å². The Morgan fingerprint density at radius 3 is 1.62 bits per heavy atom. The second kappa shape index (κ2) is 10.5. The maximum absolute atomic E-state index is 5.25. The van der Waals surface area contributed by atoms with Gasteiger partial charge in [0, 0.05) is 38.4 Å². The van der Waals surface area contributed by atoms with Gasteiger partial charge >= 0.3 is 0 Å². The molecule has 10 rings (SSSR count). The summed E-state index contributed by atoms with van der Waals surface area (Å²) in [6.07, 6.45) is 0. The Hall–Kier alpha value is -6.59. The molecule has 5 heteroatoms. The molecule has 0 spiro atoms. The summed E-state index contributed by atoms with van der Waals surface area (Å²) < 4.78 is 4.65. The lowest BCUT2D eigenvalue weighted by atomic mass is 10.0. The van der Waals surface area contributed by atoms with Gasteiger partial charge in [-0.15, -0.1) is 0 Å². The molecule has 3 heterocycles. The van der Waals surface area contributed by atoms with Crippen LogP contribution in [0.25, 0.3) is 88.8 Å². The van der Waals surface area contributed by atoms with Crippen LogP contribution < -0.4 is 0 Å². The van der Waals surface area contributed by atoms with E-state index in [1.165, 1.54) is 26.9 Å². The third kappa shape index (κ3) is 3.94. The van der Waals surface area contributed by atoms with E-state index in [9.17, 15) is 0 Å². The highest BCUT2D eigenvalue weighted by molar-refractivity contribution is 6.28. The van der Waals surface area contributed by atoms with Crippen LogP contribution in [0.3, 0.4) is 0 Å². The molecule has 0 bridgehead atoms. The second-order valence-corrected chi connectivity index (χ2v) is 12.1. The quantitative estimate of drug-likeness (QED) is 0.198. The monoisotopic (exact) mass is 613 g/mol. The summed E-state index contributed by atoms with van der Waals surface area (Å²) in [6.45, 7) is 0. The third-order valence-corrected chi connectivity index (χ3v) is 9.35. The Kier molecular flexibility index (Phi) is 5.81. The van der Waals surface area contributed by atoms with Crippen molar-refractivity contribution in [3.8, 4) is 34.4 Å². The summed E-state index contributed by atoms with van der Waals surface area (Å²) in [6, 6.07) is 57.2. The minimum absolute atomic E-state index is 0.579. The summed E-state index contributed by atoms with van der Waals surface area (Å²) in [4.78, 5) is 15.5. The number of benzene rings is 7. The molecule has 48 heavy (non-hydrogen) atoms. The van der Waals surface area contributed by atoms with E-state index in [4.69, 9.17) is 15.0 Å². The summed E-state index contributed by atoms with van der Waals surface area (Å²) in [7, 11) is 0. The van der Waals surface area contributed by atoms with Gasteiger partial charge < -0.3 is 4.57 Å². The molecule has 0 radical (unpaired) electrons. The molecule has 0 aliphatic carbocycles. The van der Waals surface area contributed by atoms with Gasteiger partial charge in [0.05, 0.1) is 22.1 Å². The van der Waals surface area contributed by atoms with Gasteiger partial charge in [0.25, 0.3) is 0 Å². The Morgan fingerprint density at radius 2 is 0.917 bits per heavy atom. The fourth-order valence-corrected chi connectivity index (χ4v) is 7.27. The summed E-state index contributed by atoms with van der Waals surface area (Å²) in [5, 5.41) is 7.09. The number of fused-ring (bicyclic) bond motifs is 9. The summed E-state index contributed by atoms with van der Waals surface area (Å²) in [5.74, 6) is 1.84. The van der Waals surface area contributed by atoms with E-state index in [0.717, 1.165) is 44.3 Å². The molecule has 0 saturated carbocycles. The third-order valence-electron chi connectivity index (χ3n) is 9.35. The number of hydrogen-bond acceptors (Lipinski definition) is 3. The fourth-order valence-electron chi connectivity index (χ4n) is 7.27. The highest BCUT2D eigenvalue weighted by atomic mass is 15.2. The molecule has 0 N–H and O–H groups in total. The molecule has 7 aromatic carbocycles. The van der Waals surface area contributed by atoms with Crippen LogP contribution in [0, 0.1) is 0 Å². The van der Waals surface area contributed by atoms with Crippen LogP contribution in [-0.4, -0.2) is 24.1 Å². The van der Waals surface area contributed by atoms with Crippen molar-refractivity contribution in [2.45, 2.75) is 0 Å². The minimum atomic E-state index is 0.579. The Labute approximate surface area is 276 Å². The van der Waals surface area contributed by atoms with Crippen molar-refractivity contribution in [1.82, 2.24) is 24.1 Å². The first kappa shape index (κ1) is 26.6. The zero-order valence-electron chi connectivity index (χ0n) is 25.8. The minimum Gasteiger partial charge on any atom is -0.307 e. The Balaban J connectivity index is 1.44. The maximum atomic E-state index is 5.25. The molecule has 0 unspecified atom stereocenters. The maximum Gasteiger partial charge on any atom is 0.238 e. The van der Waals surface area contributed by atoms with Crippen molar-refractivity contribution in [3.05, 3.63) is 164 Å².